The van der Waals surface area contributed by atoms with Gasteiger partial charge in [0, 0.05) is 22.9 Å². The zero-order chi connectivity index (χ0) is 35.1. The Labute approximate surface area is 291 Å². The Hall–Kier alpha value is -4.44. The summed E-state index contributed by atoms with van der Waals surface area (Å²) in [4.78, 5) is 64.4. The number of benzene rings is 3. The van der Waals surface area contributed by atoms with Gasteiger partial charge in [-0.05, 0) is 65.3 Å². The Morgan fingerprint density at radius 3 is 2.31 bits per heavy atom. The largest absolute Gasteiger partial charge is 0.475 e. The molecule has 0 radical (unpaired) electrons. The number of fused-ring (bicyclic) bond motifs is 1. The van der Waals surface area contributed by atoms with E-state index < -0.39 is 53.3 Å². The van der Waals surface area contributed by atoms with Crippen molar-refractivity contribution in [2.24, 2.45) is 11.8 Å². The number of Topliss-reactive ketones (excluding diaryl/α,β-unsaturated/α-hetero) is 1. The van der Waals surface area contributed by atoms with E-state index in [1.54, 1.807) is 6.07 Å². The van der Waals surface area contributed by atoms with Gasteiger partial charge in [0.2, 0.25) is 11.8 Å². The van der Waals surface area contributed by atoms with E-state index in [0.717, 1.165) is 54.0 Å². The molecule has 2 fully saturated rings. The summed E-state index contributed by atoms with van der Waals surface area (Å²) in [5.74, 6) is -4.39. The highest BCUT2D eigenvalue weighted by molar-refractivity contribution is 6.35. The summed E-state index contributed by atoms with van der Waals surface area (Å²) in [6.07, 6.45) is 3.76. The number of halogens is 1. The van der Waals surface area contributed by atoms with E-state index >= 15 is 0 Å². The molecule has 0 spiro atoms. The number of carbonyl (C=O) groups excluding carboxylic acids is 4. The van der Waals surface area contributed by atoms with Gasteiger partial charge < -0.3 is 25.8 Å². The second kappa shape index (κ2) is 15.8. The van der Waals surface area contributed by atoms with Crippen LogP contribution in [-0.2, 0) is 29.3 Å². The molecule has 1 aliphatic heterocycles. The molecular formula is C38H44ClN3O7. The maximum atomic E-state index is 13.9. The topological polar surface area (TPSA) is 151 Å². The molecular weight excluding hydrogens is 646 g/mol. The Morgan fingerprint density at radius 1 is 0.898 bits per heavy atom. The second-order valence-electron chi connectivity index (χ2n) is 13.8. The van der Waals surface area contributed by atoms with Crippen molar-refractivity contribution in [3.05, 3.63) is 82.9 Å². The van der Waals surface area contributed by atoms with E-state index in [1.165, 1.54) is 0 Å². The maximum absolute atomic E-state index is 13.9. The number of ketones is 1. The Bertz CT molecular complexity index is 1700. The molecule has 3 aromatic rings. The highest BCUT2D eigenvalue weighted by atomic mass is 35.5. The van der Waals surface area contributed by atoms with Gasteiger partial charge in [-0.3, -0.25) is 14.4 Å². The van der Waals surface area contributed by atoms with Gasteiger partial charge in [0.05, 0.1) is 6.04 Å². The van der Waals surface area contributed by atoms with Crippen LogP contribution >= 0.6 is 11.6 Å². The first kappa shape index (κ1) is 35.9. The van der Waals surface area contributed by atoms with Gasteiger partial charge in [0.25, 0.3) is 5.78 Å². The molecule has 1 saturated heterocycles. The molecule has 1 heterocycles. The highest BCUT2D eigenvalue weighted by Gasteiger charge is 2.39. The molecule has 0 bridgehead atoms. The molecule has 5 rings (SSSR count). The number of ether oxygens (including phenoxy) is 1. The van der Waals surface area contributed by atoms with Gasteiger partial charge in [0.1, 0.15) is 12.1 Å². The quantitative estimate of drug-likeness (QED) is 0.155. The van der Waals surface area contributed by atoms with Crippen LogP contribution in [0.2, 0.25) is 5.02 Å². The first-order valence-corrected chi connectivity index (χ1v) is 17.4. The minimum absolute atomic E-state index is 0.137. The molecule has 4 atom stereocenters. The smallest absolute Gasteiger partial charge is 0.408 e. The number of alkyl carbamates (subject to hydrolysis) is 1. The number of amides is 3. The maximum Gasteiger partial charge on any atom is 0.408 e. The van der Waals surface area contributed by atoms with Gasteiger partial charge in [-0.2, -0.15) is 0 Å². The molecule has 10 nitrogen and oxygen atoms in total. The number of carbonyl (C=O) groups is 5. The van der Waals surface area contributed by atoms with Crippen LogP contribution in [0.4, 0.5) is 4.79 Å². The fraction of sp³-hybridized carbons (Fsp3) is 0.447. The van der Waals surface area contributed by atoms with E-state index in [4.69, 9.17) is 16.3 Å². The van der Waals surface area contributed by atoms with Crippen molar-refractivity contribution in [1.29, 1.82) is 0 Å². The lowest BCUT2D eigenvalue weighted by atomic mass is 9.76. The molecule has 1 aliphatic carbocycles. The molecule has 11 heteroatoms. The third kappa shape index (κ3) is 8.97. The molecule has 260 valence electrons. The lowest BCUT2D eigenvalue weighted by Gasteiger charge is -2.35. The van der Waals surface area contributed by atoms with Gasteiger partial charge in [-0.1, -0.05) is 106 Å². The Kier molecular flexibility index (Phi) is 11.6. The monoisotopic (exact) mass is 689 g/mol. The van der Waals surface area contributed by atoms with Gasteiger partial charge in [0.15, 0.2) is 0 Å². The van der Waals surface area contributed by atoms with Crippen LogP contribution in [0.1, 0.15) is 82.4 Å². The summed E-state index contributed by atoms with van der Waals surface area (Å²) in [5.41, 5.74) is 0.814. The predicted octanol–water partition coefficient (Wildman–Crippen LogP) is 6.24. The summed E-state index contributed by atoms with van der Waals surface area (Å²) in [5, 5.41) is 20.1. The van der Waals surface area contributed by atoms with Crippen LogP contribution in [0.25, 0.3) is 10.8 Å². The third-order valence-electron chi connectivity index (χ3n) is 9.95. The zero-order valence-electron chi connectivity index (χ0n) is 27.9. The fourth-order valence-corrected chi connectivity index (χ4v) is 7.31. The van der Waals surface area contributed by atoms with Crippen LogP contribution in [0.15, 0.2) is 66.7 Å². The van der Waals surface area contributed by atoms with E-state index in [1.807, 2.05) is 74.5 Å². The lowest BCUT2D eigenvalue weighted by molar-refractivity contribution is -0.151. The summed E-state index contributed by atoms with van der Waals surface area (Å²) in [6, 6.07) is 18.6. The molecule has 1 saturated carbocycles. The van der Waals surface area contributed by atoms with Crippen molar-refractivity contribution in [2.45, 2.75) is 88.8 Å². The van der Waals surface area contributed by atoms with Crippen molar-refractivity contribution in [2.75, 3.05) is 6.54 Å². The summed E-state index contributed by atoms with van der Waals surface area (Å²) in [6.45, 7) is 4.33. The Morgan fingerprint density at radius 2 is 1.63 bits per heavy atom. The predicted molar refractivity (Wildman–Crippen MR) is 186 cm³/mol. The lowest BCUT2D eigenvalue weighted by Crippen LogP contribution is -2.54. The molecule has 3 amide bonds. The highest BCUT2D eigenvalue weighted by Crippen LogP contribution is 2.41. The number of hydrogen-bond donors (Lipinski definition) is 4. The standard InChI is InChI=1S/C38H44ClN3O7/c1-38(2,28-13-8-14-29(39)22-28)33(26-16-15-24-11-6-7-12-25(24)20-26)49-37(48)42-31(19-23-9-4-3-5-10-23)35(45)41-30(32(43)36(46)47)21-27-17-18-40-34(27)44/h6-8,11-16,20,22-23,27,30-31,33H,3-5,9-10,17-19,21H2,1-2H3,(H,40,44)(H,41,45)(H,42,48)(H,46,47)/t27-,30?,31?,33?/m0/s1. The SMILES string of the molecule is CC(C)(c1cccc(Cl)c1)C(OC(=O)NC(CC1CCCCC1)C(=O)NC(C[C@@H]1CCNC1=O)C(=O)C(=O)O)c1ccc2ccccc2c1. The van der Waals surface area contributed by atoms with Gasteiger partial charge in [-0.15, -0.1) is 0 Å². The average Bonchev–Trinajstić information content (AvgIpc) is 3.50. The van der Waals surface area contributed by atoms with E-state index in [0.29, 0.717) is 18.0 Å². The normalized spacial score (nSPS) is 18.6. The van der Waals surface area contributed by atoms with Gasteiger partial charge in [-0.25, -0.2) is 9.59 Å². The summed E-state index contributed by atoms with van der Waals surface area (Å²) < 4.78 is 6.24. The average molecular weight is 690 g/mol. The number of carboxylic acid groups (broad SMARTS) is 1. The summed E-state index contributed by atoms with van der Waals surface area (Å²) in [7, 11) is 0. The molecule has 0 aromatic heterocycles. The number of hydrogen-bond acceptors (Lipinski definition) is 6. The molecule has 49 heavy (non-hydrogen) atoms. The van der Waals surface area contributed by atoms with Crippen LogP contribution in [0, 0.1) is 11.8 Å². The van der Waals surface area contributed by atoms with E-state index in [-0.39, 0.29) is 24.7 Å². The molecule has 2 aliphatic rings. The number of nitrogens with one attached hydrogen (secondary N) is 3. The van der Waals surface area contributed by atoms with Crippen LogP contribution in [0.5, 0.6) is 0 Å². The second-order valence-corrected chi connectivity index (χ2v) is 14.2. The van der Waals surface area contributed by atoms with Crippen molar-refractivity contribution in [3.8, 4) is 0 Å². The van der Waals surface area contributed by atoms with E-state index in [9.17, 15) is 29.1 Å². The zero-order valence-corrected chi connectivity index (χ0v) is 28.6. The number of rotatable bonds is 13. The Balaban J connectivity index is 1.42. The van der Waals surface area contributed by atoms with Gasteiger partial charge >= 0.3 is 12.1 Å². The first-order valence-electron chi connectivity index (χ1n) is 17.0. The van der Waals surface area contributed by atoms with Crippen molar-refractivity contribution < 1.29 is 33.8 Å². The number of carboxylic acids is 1. The van der Waals surface area contributed by atoms with E-state index in [2.05, 4.69) is 16.0 Å². The molecule has 3 aromatic carbocycles. The first-order chi connectivity index (χ1) is 23.4. The van der Waals surface area contributed by atoms with Crippen LogP contribution in [-0.4, -0.2) is 53.4 Å². The molecule has 3 unspecified atom stereocenters. The number of aliphatic carboxylic acids is 1. The van der Waals surface area contributed by atoms with Crippen molar-refractivity contribution in [1.82, 2.24) is 16.0 Å². The van der Waals surface area contributed by atoms with Crippen molar-refractivity contribution in [3.63, 3.8) is 0 Å². The van der Waals surface area contributed by atoms with Crippen molar-refractivity contribution >= 4 is 52.0 Å². The fourth-order valence-electron chi connectivity index (χ4n) is 7.12. The third-order valence-corrected chi connectivity index (χ3v) is 10.2. The minimum atomic E-state index is -1.71. The van der Waals surface area contributed by atoms with Crippen LogP contribution < -0.4 is 16.0 Å². The minimum Gasteiger partial charge on any atom is -0.475 e. The van der Waals surface area contributed by atoms with Crippen LogP contribution in [0.3, 0.4) is 0 Å². The molecule has 4 N–H and O–H groups in total. The summed E-state index contributed by atoms with van der Waals surface area (Å²) >= 11 is 6.38.